The molecule has 0 bridgehead atoms. The van der Waals surface area contributed by atoms with Gasteiger partial charge in [0.2, 0.25) is 11.8 Å². The lowest BCUT2D eigenvalue weighted by Crippen LogP contribution is -2.55. The van der Waals surface area contributed by atoms with Gasteiger partial charge in [0.15, 0.2) is 0 Å². The first-order valence-electron chi connectivity index (χ1n) is 11.1. The number of anilines is 1. The largest absolute Gasteiger partial charge is 0.384 e. The van der Waals surface area contributed by atoms with Gasteiger partial charge < -0.3 is 15.4 Å². The lowest BCUT2D eigenvalue weighted by Gasteiger charge is -2.37. The molecule has 2 amide bonds. The Morgan fingerprint density at radius 3 is 2.86 bits per heavy atom. The number of rotatable bonds is 5. The first kappa shape index (κ1) is 19.1. The molecule has 1 aliphatic carbocycles. The Kier molecular flexibility index (Phi) is 4.67. The molecule has 3 heterocycles. The minimum atomic E-state index is -0.855. The van der Waals surface area contributed by atoms with Crippen molar-refractivity contribution in [2.24, 2.45) is 11.3 Å². The third kappa shape index (κ3) is 2.76. The van der Waals surface area contributed by atoms with E-state index in [2.05, 4.69) is 15.5 Å². The van der Waals surface area contributed by atoms with Crippen LogP contribution in [0.25, 0.3) is 0 Å². The molecule has 1 saturated carbocycles. The predicted molar refractivity (Wildman–Crippen MR) is 110 cm³/mol. The summed E-state index contributed by atoms with van der Waals surface area (Å²) in [4.78, 5) is 29.2. The van der Waals surface area contributed by atoms with Crippen LogP contribution in [-0.2, 0) is 19.9 Å². The molecule has 5 rings (SSSR count). The van der Waals surface area contributed by atoms with Crippen LogP contribution in [0.15, 0.2) is 24.3 Å². The monoisotopic (exact) mass is 397 g/mol. The topological polar surface area (TPSA) is 70.7 Å². The fourth-order valence-corrected chi connectivity index (χ4v) is 6.58. The zero-order valence-electron chi connectivity index (χ0n) is 17.2. The lowest BCUT2D eigenvalue weighted by molar-refractivity contribution is -0.137. The number of carbonyl (C=O) groups excluding carboxylic acids is 2. The number of hydrogen-bond acceptors (Lipinski definition) is 4. The quantitative estimate of drug-likeness (QED) is 0.801. The van der Waals surface area contributed by atoms with E-state index in [1.807, 2.05) is 24.3 Å². The fraction of sp³-hybridized carbons (Fsp3) is 0.652. The molecule has 0 aromatic heterocycles. The second-order valence-corrected chi connectivity index (χ2v) is 9.40. The fourth-order valence-electron chi connectivity index (χ4n) is 6.58. The molecule has 1 aromatic rings. The van der Waals surface area contributed by atoms with Crippen LogP contribution in [0.3, 0.4) is 0 Å². The van der Waals surface area contributed by atoms with Crippen LogP contribution in [-0.4, -0.2) is 49.6 Å². The molecule has 6 nitrogen and oxygen atoms in total. The Morgan fingerprint density at radius 2 is 2.07 bits per heavy atom. The molecule has 1 aromatic carbocycles. The Labute approximate surface area is 172 Å². The summed E-state index contributed by atoms with van der Waals surface area (Å²) in [5.74, 6) is -0.359. The van der Waals surface area contributed by atoms with E-state index in [1.54, 1.807) is 7.11 Å². The maximum Gasteiger partial charge on any atom is 0.250 e. The Morgan fingerprint density at radius 1 is 1.28 bits per heavy atom. The Bertz CT molecular complexity index is 819. The molecule has 6 heteroatoms. The van der Waals surface area contributed by atoms with E-state index in [9.17, 15) is 9.59 Å². The highest BCUT2D eigenvalue weighted by Crippen LogP contribution is 2.55. The molecule has 29 heavy (non-hydrogen) atoms. The van der Waals surface area contributed by atoms with E-state index in [-0.39, 0.29) is 23.1 Å². The van der Waals surface area contributed by atoms with Crippen LogP contribution >= 0.6 is 0 Å². The van der Waals surface area contributed by atoms with Crippen LogP contribution in [0.2, 0.25) is 0 Å². The first-order valence-corrected chi connectivity index (χ1v) is 11.1. The van der Waals surface area contributed by atoms with Gasteiger partial charge in [0.25, 0.3) is 0 Å². The van der Waals surface area contributed by atoms with Crippen molar-refractivity contribution < 1.29 is 14.3 Å². The number of hydrogen-bond donors (Lipinski definition) is 2. The molecule has 2 N–H and O–H groups in total. The number of nitrogens with one attached hydrogen (secondary N) is 2. The van der Waals surface area contributed by atoms with Gasteiger partial charge in [-0.2, -0.15) is 0 Å². The molecule has 3 aliphatic heterocycles. The summed E-state index contributed by atoms with van der Waals surface area (Å²) in [5.41, 5.74) is 1.02. The van der Waals surface area contributed by atoms with Gasteiger partial charge in [-0.1, -0.05) is 31.0 Å². The SMILES string of the molecule is COCC1(CNC(=O)[C@@H]2C[C@H]3CCCN3[C@]23C(=O)Nc2ccccc23)CCCC1. The van der Waals surface area contributed by atoms with Crippen molar-refractivity contribution in [2.45, 2.75) is 56.5 Å². The predicted octanol–water partition coefficient (Wildman–Crippen LogP) is 2.64. The normalized spacial score (nSPS) is 32.4. The molecular weight excluding hydrogens is 366 g/mol. The van der Waals surface area contributed by atoms with Gasteiger partial charge in [0.05, 0.1) is 12.5 Å². The summed E-state index contributed by atoms with van der Waals surface area (Å²) in [5, 5.41) is 6.33. The number of carbonyl (C=O) groups is 2. The van der Waals surface area contributed by atoms with E-state index in [1.165, 1.54) is 12.8 Å². The summed E-state index contributed by atoms with van der Waals surface area (Å²) < 4.78 is 5.48. The van der Waals surface area contributed by atoms with Gasteiger partial charge in [-0.25, -0.2) is 0 Å². The number of amides is 2. The van der Waals surface area contributed by atoms with E-state index < -0.39 is 5.54 Å². The molecule has 1 spiro atoms. The number of ether oxygens (including phenoxy) is 1. The summed E-state index contributed by atoms with van der Waals surface area (Å²) in [6.07, 6.45) is 7.48. The van der Waals surface area contributed by atoms with Crippen LogP contribution in [0.5, 0.6) is 0 Å². The molecule has 3 atom stereocenters. The lowest BCUT2D eigenvalue weighted by atomic mass is 9.78. The van der Waals surface area contributed by atoms with Crippen molar-refractivity contribution in [3.05, 3.63) is 29.8 Å². The summed E-state index contributed by atoms with van der Waals surface area (Å²) >= 11 is 0. The Hall–Kier alpha value is -1.92. The first-order chi connectivity index (χ1) is 14.1. The van der Waals surface area contributed by atoms with Crippen LogP contribution in [0.1, 0.15) is 50.5 Å². The second kappa shape index (κ2) is 7.10. The van der Waals surface area contributed by atoms with Gasteiger partial charge >= 0.3 is 0 Å². The number of methoxy groups -OCH3 is 1. The number of fused-ring (bicyclic) bond motifs is 4. The number of benzene rings is 1. The average molecular weight is 398 g/mol. The van der Waals surface area contributed by atoms with Gasteiger partial charge in [-0.15, -0.1) is 0 Å². The summed E-state index contributed by atoms with van der Waals surface area (Å²) in [7, 11) is 1.74. The van der Waals surface area contributed by atoms with Gasteiger partial charge in [-0.3, -0.25) is 14.5 Å². The smallest absolute Gasteiger partial charge is 0.250 e. The van der Waals surface area contributed by atoms with Crippen molar-refractivity contribution in [1.29, 1.82) is 0 Å². The highest BCUT2D eigenvalue weighted by molar-refractivity contribution is 6.09. The van der Waals surface area contributed by atoms with E-state index in [4.69, 9.17) is 4.74 Å². The third-order valence-electron chi connectivity index (χ3n) is 7.84. The van der Waals surface area contributed by atoms with Crippen molar-refractivity contribution in [2.75, 3.05) is 32.1 Å². The highest BCUT2D eigenvalue weighted by atomic mass is 16.5. The van der Waals surface area contributed by atoms with Gasteiger partial charge in [0.1, 0.15) is 5.54 Å². The molecular formula is C23H31N3O3. The van der Waals surface area contributed by atoms with Crippen LogP contribution in [0, 0.1) is 11.3 Å². The standard InChI is InChI=1S/C23H31N3O3/c1-29-15-22(10-4-5-11-22)14-24-20(27)18-13-16-7-6-12-26(16)23(18)17-8-2-3-9-19(17)25-21(23)28/h2-3,8-9,16,18H,4-7,10-15H2,1H3,(H,24,27)(H,25,28)/t16-,18+,23+/m1/s1. The molecule has 156 valence electrons. The van der Waals surface area contributed by atoms with E-state index >= 15 is 0 Å². The highest BCUT2D eigenvalue weighted by Gasteiger charge is 2.65. The third-order valence-corrected chi connectivity index (χ3v) is 7.84. The van der Waals surface area contributed by atoms with Gasteiger partial charge in [0, 0.05) is 36.4 Å². The van der Waals surface area contributed by atoms with Crippen molar-refractivity contribution in [3.8, 4) is 0 Å². The molecule has 3 fully saturated rings. The van der Waals surface area contributed by atoms with Crippen LogP contribution in [0.4, 0.5) is 5.69 Å². The summed E-state index contributed by atoms with van der Waals surface area (Å²) in [6.45, 7) is 2.20. The van der Waals surface area contributed by atoms with E-state index in [0.717, 1.165) is 49.9 Å². The summed E-state index contributed by atoms with van der Waals surface area (Å²) in [6, 6.07) is 8.20. The van der Waals surface area contributed by atoms with Crippen molar-refractivity contribution >= 4 is 17.5 Å². The zero-order chi connectivity index (χ0) is 20.1. The maximum atomic E-state index is 13.5. The molecule has 2 saturated heterocycles. The van der Waals surface area contributed by atoms with Crippen molar-refractivity contribution in [1.82, 2.24) is 10.2 Å². The van der Waals surface area contributed by atoms with Crippen molar-refractivity contribution in [3.63, 3.8) is 0 Å². The minimum Gasteiger partial charge on any atom is -0.384 e. The molecule has 0 radical (unpaired) electrons. The van der Waals surface area contributed by atoms with Gasteiger partial charge in [-0.05, 0) is 44.7 Å². The number of para-hydroxylation sites is 1. The molecule has 4 aliphatic rings. The number of nitrogens with zero attached hydrogens (tertiary/aromatic N) is 1. The molecule has 0 unspecified atom stereocenters. The zero-order valence-corrected chi connectivity index (χ0v) is 17.2. The Balaban J connectivity index is 1.45. The maximum absolute atomic E-state index is 13.5. The minimum absolute atomic E-state index is 0.0219. The van der Waals surface area contributed by atoms with E-state index in [0.29, 0.717) is 19.2 Å². The average Bonchev–Trinajstić information content (AvgIpc) is 3.47. The second-order valence-electron chi connectivity index (χ2n) is 9.40. The van der Waals surface area contributed by atoms with Crippen LogP contribution < -0.4 is 10.6 Å².